The van der Waals surface area contributed by atoms with Crippen molar-refractivity contribution in [3.63, 3.8) is 0 Å². The standard InChI is InChI=1S/C22H21ClN2O6/c1-30-11-10-25-19(13-4-8-16(9-5-13)31-12-17(24)26)18(21(28)22(25)29)20(27)14-2-6-15(23)7-3-14/h2-9,19,27H,10-12H2,1H3,(H2,24,26)/t19-/m0/s1. The third-order valence-corrected chi connectivity index (χ3v) is 5.02. The van der Waals surface area contributed by atoms with Gasteiger partial charge in [-0.3, -0.25) is 14.4 Å². The van der Waals surface area contributed by atoms with E-state index < -0.39 is 23.6 Å². The molecule has 0 bridgehead atoms. The maximum atomic E-state index is 12.8. The summed E-state index contributed by atoms with van der Waals surface area (Å²) in [7, 11) is 1.49. The third-order valence-electron chi connectivity index (χ3n) is 4.77. The van der Waals surface area contributed by atoms with Crippen molar-refractivity contribution in [2.75, 3.05) is 26.9 Å². The van der Waals surface area contributed by atoms with Gasteiger partial charge in [0.1, 0.15) is 11.5 Å². The molecular formula is C22H21ClN2O6. The van der Waals surface area contributed by atoms with Gasteiger partial charge < -0.3 is 25.2 Å². The van der Waals surface area contributed by atoms with Gasteiger partial charge in [0, 0.05) is 24.2 Å². The second kappa shape index (κ2) is 9.63. The fourth-order valence-corrected chi connectivity index (χ4v) is 3.44. The molecule has 2 aromatic carbocycles. The lowest BCUT2D eigenvalue weighted by molar-refractivity contribution is -0.140. The highest BCUT2D eigenvalue weighted by molar-refractivity contribution is 6.46. The van der Waals surface area contributed by atoms with Gasteiger partial charge in [0.05, 0.1) is 18.2 Å². The fourth-order valence-electron chi connectivity index (χ4n) is 3.31. The van der Waals surface area contributed by atoms with Gasteiger partial charge in [-0.25, -0.2) is 0 Å². The molecule has 3 rings (SSSR count). The second-order valence-corrected chi connectivity index (χ2v) is 7.25. The topological polar surface area (TPSA) is 119 Å². The van der Waals surface area contributed by atoms with Gasteiger partial charge >= 0.3 is 0 Å². The number of carbonyl (C=O) groups is 3. The van der Waals surface area contributed by atoms with E-state index >= 15 is 0 Å². The van der Waals surface area contributed by atoms with Gasteiger partial charge in [0.2, 0.25) is 0 Å². The summed E-state index contributed by atoms with van der Waals surface area (Å²) in [6, 6.07) is 12.0. The quantitative estimate of drug-likeness (QED) is 0.366. The number of hydrogen-bond donors (Lipinski definition) is 2. The van der Waals surface area contributed by atoms with Crippen molar-refractivity contribution in [1.29, 1.82) is 0 Å². The molecule has 3 N–H and O–H groups in total. The zero-order valence-electron chi connectivity index (χ0n) is 16.7. The van der Waals surface area contributed by atoms with Crippen molar-refractivity contribution in [2.24, 2.45) is 5.73 Å². The Balaban J connectivity index is 2.04. The van der Waals surface area contributed by atoms with Crippen molar-refractivity contribution in [1.82, 2.24) is 4.90 Å². The number of Topliss-reactive ketones (excluding diaryl/α,β-unsaturated/α-hetero) is 1. The van der Waals surface area contributed by atoms with Crippen LogP contribution >= 0.6 is 11.6 Å². The van der Waals surface area contributed by atoms with Gasteiger partial charge in [0.25, 0.3) is 17.6 Å². The summed E-state index contributed by atoms with van der Waals surface area (Å²) in [5, 5.41) is 11.4. The lowest BCUT2D eigenvalue weighted by Gasteiger charge is -2.25. The first kappa shape index (κ1) is 22.3. The Morgan fingerprint density at radius 3 is 2.35 bits per heavy atom. The lowest BCUT2D eigenvalue weighted by atomic mass is 9.95. The normalized spacial score (nSPS) is 17.7. The van der Waals surface area contributed by atoms with E-state index in [0.717, 1.165) is 0 Å². The molecule has 0 aliphatic carbocycles. The first-order valence-corrected chi connectivity index (χ1v) is 9.75. The van der Waals surface area contributed by atoms with E-state index in [1.807, 2.05) is 0 Å². The Kier molecular flexibility index (Phi) is 6.94. The van der Waals surface area contributed by atoms with Gasteiger partial charge in [-0.2, -0.15) is 0 Å². The van der Waals surface area contributed by atoms with E-state index in [2.05, 4.69) is 0 Å². The molecule has 2 aromatic rings. The molecule has 0 spiro atoms. The van der Waals surface area contributed by atoms with Crippen LogP contribution in [0.1, 0.15) is 17.2 Å². The summed E-state index contributed by atoms with van der Waals surface area (Å²) >= 11 is 5.91. The first-order chi connectivity index (χ1) is 14.8. The number of amides is 2. The van der Waals surface area contributed by atoms with Gasteiger partial charge in [-0.05, 0) is 42.0 Å². The number of hydrogen-bond acceptors (Lipinski definition) is 6. The summed E-state index contributed by atoms with van der Waals surface area (Å²) in [4.78, 5) is 37.8. The zero-order chi connectivity index (χ0) is 22.5. The molecule has 0 aromatic heterocycles. The fraction of sp³-hybridized carbons (Fsp3) is 0.227. The zero-order valence-corrected chi connectivity index (χ0v) is 17.5. The number of methoxy groups -OCH3 is 1. The average molecular weight is 445 g/mol. The van der Waals surface area contributed by atoms with E-state index in [9.17, 15) is 19.5 Å². The van der Waals surface area contributed by atoms with Crippen LogP contribution < -0.4 is 10.5 Å². The van der Waals surface area contributed by atoms with E-state index in [-0.39, 0.29) is 31.1 Å². The number of aliphatic hydroxyl groups is 1. The average Bonchev–Trinajstić information content (AvgIpc) is 3.01. The molecule has 0 radical (unpaired) electrons. The van der Waals surface area contributed by atoms with Crippen LogP contribution in [0.5, 0.6) is 5.75 Å². The number of aliphatic hydroxyl groups excluding tert-OH is 1. The molecule has 31 heavy (non-hydrogen) atoms. The molecule has 162 valence electrons. The van der Waals surface area contributed by atoms with E-state index in [1.54, 1.807) is 48.5 Å². The largest absolute Gasteiger partial charge is 0.507 e. The van der Waals surface area contributed by atoms with Crippen molar-refractivity contribution in [3.05, 3.63) is 70.3 Å². The predicted octanol–water partition coefficient (Wildman–Crippen LogP) is 2.27. The molecular weight excluding hydrogens is 424 g/mol. The Morgan fingerprint density at radius 2 is 1.77 bits per heavy atom. The maximum absolute atomic E-state index is 12.8. The maximum Gasteiger partial charge on any atom is 0.295 e. The number of ether oxygens (including phenoxy) is 2. The highest BCUT2D eigenvalue weighted by Crippen LogP contribution is 2.39. The molecule has 1 heterocycles. The summed E-state index contributed by atoms with van der Waals surface area (Å²) in [5.41, 5.74) is 5.99. The molecule has 2 amide bonds. The van der Waals surface area contributed by atoms with Crippen LogP contribution in [0.4, 0.5) is 0 Å². The van der Waals surface area contributed by atoms with E-state index in [0.29, 0.717) is 21.9 Å². The highest BCUT2D eigenvalue weighted by Gasteiger charge is 2.45. The molecule has 1 aliphatic rings. The SMILES string of the molecule is COCCN1C(=O)C(=O)C(=C(O)c2ccc(Cl)cc2)[C@@H]1c1ccc(OCC(N)=O)cc1. The Hall–Kier alpha value is -3.36. The van der Waals surface area contributed by atoms with Crippen molar-refractivity contribution in [2.45, 2.75) is 6.04 Å². The lowest BCUT2D eigenvalue weighted by Crippen LogP contribution is -2.32. The number of nitrogens with zero attached hydrogens (tertiary/aromatic N) is 1. The predicted molar refractivity (Wildman–Crippen MR) is 113 cm³/mol. The minimum atomic E-state index is -0.823. The van der Waals surface area contributed by atoms with Crippen LogP contribution in [0.3, 0.4) is 0 Å². The summed E-state index contributed by atoms with van der Waals surface area (Å²) in [6.07, 6.45) is 0. The summed E-state index contributed by atoms with van der Waals surface area (Å²) in [5.74, 6) is -2.03. The van der Waals surface area contributed by atoms with Crippen molar-refractivity contribution in [3.8, 4) is 5.75 Å². The number of ketones is 1. The minimum Gasteiger partial charge on any atom is -0.507 e. The Morgan fingerprint density at radius 1 is 1.13 bits per heavy atom. The number of primary amides is 1. The van der Waals surface area contributed by atoms with Gasteiger partial charge in [0.15, 0.2) is 6.61 Å². The van der Waals surface area contributed by atoms with E-state index in [1.165, 1.54) is 12.0 Å². The molecule has 1 saturated heterocycles. The smallest absolute Gasteiger partial charge is 0.295 e. The van der Waals surface area contributed by atoms with Gasteiger partial charge in [-0.1, -0.05) is 23.7 Å². The summed E-state index contributed by atoms with van der Waals surface area (Å²) < 4.78 is 10.3. The van der Waals surface area contributed by atoms with Crippen LogP contribution in [0, 0.1) is 0 Å². The second-order valence-electron chi connectivity index (χ2n) is 6.82. The van der Waals surface area contributed by atoms with Crippen LogP contribution in [0.15, 0.2) is 54.1 Å². The van der Waals surface area contributed by atoms with Crippen LogP contribution in [-0.2, 0) is 19.1 Å². The Labute approximate surface area is 183 Å². The van der Waals surface area contributed by atoms with Crippen molar-refractivity contribution >= 4 is 35.0 Å². The molecule has 1 aliphatic heterocycles. The van der Waals surface area contributed by atoms with Crippen molar-refractivity contribution < 1.29 is 29.0 Å². The minimum absolute atomic E-state index is 0.0331. The number of likely N-dealkylation sites (tertiary alicyclic amines) is 1. The van der Waals surface area contributed by atoms with Crippen LogP contribution in [-0.4, -0.2) is 54.5 Å². The number of rotatable bonds is 8. The number of nitrogens with two attached hydrogens (primary N) is 1. The molecule has 0 unspecified atom stereocenters. The molecule has 0 saturated carbocycles. The van der Waals surface area contributed by atoms with Crippen LogP contribution in [0.2, 0.25) is 5.02 Å². The Bertz CT molecular complexity index is 1020. The molecule has 1 atom stereocenters. The summed E-state index contributed by atoms with van der Waals surface area (Å²) in [6.45, 7) is 0.0929. The van der Waals surface area contributed by atoms with Crippen LogP contribution in [0.25, 0.3) is 5.76 Å². The highest BCUT2D eigenvalue weighted by atomic mass is 35.5. The number of halogens is 1. The third kappa shape index (κ3) is 4.87. The van der Waals surface area contributed by atoms with Gasteiger partial charge in [-0.15, -0.1) is 0 Å². The number of carbonyl (C=O) groups excluding carboxylic acids is 3. The van der Waals surface area contributed by atoms with E-state index in [4.69, 9.17) is 26.8 Å². The number of benzene rings is 2. The molecule has 1 fully saturated rings. The molecule has 8 nitrogen and oxygen atoms in total. The monoisotopic (exact) mass is 444 g/mol. The first-order valence-electron chi connectivity index (χ1n) is 9.38. The molecule has 9 heteroatoms.